The number of nitriles is 1. The largest absolute Gasteiger partial charge is 0.469 e. The Morgan fingerprint density at radius 2 is 2.05 bits per heavy atom. The van der Waals surface area contributed by atoms with Crippen LogP contribution >= 0.6 is 0 Å². The first-order valence-electron chi connectivity index (χ1n) is 7.73. The smallest absolute Gasteiger partial charge is 0.305 e. The lowest BCUT2D eigenvalue weighted by Crippen LogP contribution is -2.52. The number of nitrogens with one attached hydrogen (secondary N) is 1. The maximum absolute atomic E-state index is 12.1. The molecule has 0 bridgehead atoms. The van der Waals surface area contributed by atoms with Gasteiger partial charge in [-0.25, -0.2) is 0 Å². The maximum Gasteiger partial charge on any atom is 0.305 e. The summed E-state index contributed by atoms with van der Waals surface area (Å²) < 4.78 is 4.68. The summed E-state index contributed by atoms with van der Waals surface area (Å²) in [7, 11) is 1.39. The van der Waals surface area contributed by atoms with Crippen LogP contribution in [0, 0.1) is 22.7 Å². The number of carbonyl (C=O) groups excluding carboxylic acids is 2. The van der Waals surface area contributed by atoms with Crippen LogP contribution in [0.4, 0.5) is 0 Å². The lowest BCUT2D eigenvalue weighted by molar-refractivity contribution is -0.141. The number of carbonyl (C=O) groups is 2. The van der Waals surface area contributed by atoms with E-state index in [1.54, 1.807) is 0 Å². The third kappa shape index (κ3) is 6.02. The average Bonchev–Trinajstić information content (AvgIpc) is 2.44. The third-order valence-electron chi connectivity index (χ3n) is 3.91. The minimum atomic E-state index is -0.432. The number of piperidine rings is 1. The molecule has 1 aliphatic rings. The van der Waals surface area contributed by atoms with E-state index < -0.39 is 5.41 Å². The van der Waals surface area contributed by atoms with Crippen molar-refractivity contribution in [2.45, 2.75) is 46.1 Å². The van der Waals surface area contributed by atoms with Crippen molar-refractivity contribution in [1.82, 2.24) is 10.2 Å². The fraction of sp³-hybridized carbons (Fsp3) is 0.812. The summed E-state index contributed by atoms with van der Waals surface area (Å²) in [4.78, 5) is 25.5. The summed E-state index contributed by atoms with van der Waals surface area (Å²) in [6.07, 6.45) is 1.93. The van der Waals surface area contributed by atoms with Crippen LogP contribution in [0.3, 0.4) is 0 Å². The Morgan fingerprint density at radius 1 is 1.36 bits per heavy atom. The number of rotatable bonds is 5. The number of nitrogens with zero attached hydrogens (tertiary/aromatic N) is 2. The van der Waals surface area contributed by atoms with Crippen LogP contribution in [0.5, 0.6) is 0 Å². The molecule has 1 amide bonds. The molecule has 2 unspecified atom stereocenters. The van der Waals surface area contributed by atoms with Crippen LogP contribution < -0.4 is 5.32 Å². The van der Waals surface area contributed by atoms with Crippen molar-refractivity contribution in [2.75, 3.05) is 26.7 Å². The van der Waals surface area contributed by atoms with Crippen molar-refractivity contribution in [1.29, 1.82) is 5.26 Å². The summed E-state index contributed by atoms with van der Waals surface area (Å²) in [5.41, 5.74) is -0.432. The molecule has 1 fully saturated rings. The van der Waals surface area contributed by atoms with Gasteiger partial charge >= 0.3 is 5.97 Å². The molecule has 1 rings (SSSR count). The molecule has 2 atom stereocenters. The number of methoxy groups -OCH3 is 1. The van der Waals surface area contributed by atoms with Crippen LogP contribution in [0.15, 0.2) is 0 Å². The third-order valence-corrected chi connectivity index (χ3v) is 3.91. The highest BCUT2D eigenvalue weighted by molar-refractivity contribution is 5.81. The van der Waals surface area contributed by atoms with E-state index in [1.165, 1.54) is 7.11 Å². The Bertz CT molecular complexity index is 437. The molecule has 1 saturated heterocycles. The lowest BCUT2D eigenvalue weighted by Gasteiger charge is -2.38. The van der Waals surface area contributed by atoms with Crippen molar-refractivity contribution in [3.63, 3.8) is 0 Å². The van der Waals surface area contributed by atoms with Gasteiger partial charge in [0.25, 0.3) is 0 Å². The first-order chi connectivity index (χ1) is 10.3. The summed E-state index contributed by atoms with van der Waals surface area (Å²) in [6.45, 7) is 7.46. The van der Waals surface area contributed by atoms with Crippen LogP contribution in [0.2, 0.25) is 0 Å². The van der Waals surface area contributed by atoms with Gasteiger partial charge < -0.3 is 10.1 Å². The zero-order valence-corrected chi connectivity index (χ0v) is 14.0. The van der Waals surface area contributed by atoms with Gasteiger partial charge in [-0.3, -0.25) is 14.5 Å². The molecular formula is C16H27N3O3. The Hall–Kier alpha value is -1.61. The van der Waals surface area contributed by atoms with E-state index in [9.17, 15) is 9.59 Å². The first-order valence-corrected chi connectivity index (χ1v) is 7.73. The molecule has 1 N–H and O–H groups in total. The Kier molecular flexibility index (Phi) is 6.82. The normalized spacial score (nSPS) is 22.7. The number of hydrogen-bond donors (Lipinski definition) is 1. The lowest BCUT2D eigenvalue weighted by atomic mass is 9.89. The average molecular weight is 309 g/mol. The number of amides is 1. The van der Waals surface area contributed by atoms with E-state index in [-0.39, 0.29) is 23.8 Å². The molecule has 6 heteroatoms. The second-order valence-corrected chi connectivity index (χ2v) is 6.99. The highest BCUT2D eigenvalue weighted by Crippen LogP contribution is 2.23. The van der Waals surface area contributed by atoms with Crippen LogP contribution in [-0.4, -0.2) is 49.6 Å². The SMILES string of the molecule is COC(=O)CCC1CC(NC(=O)C(C)(C)C)CN(CC#N)C1. The number of ether oxygens (including phenoxy) is 1. The fourth-order valence-corrected chi connectivity index (χ4v) is 2.67. The van der Waals surface area contributed by atoms with Crippen molar-refractivity contribution in [3.8, 4) is 6.07 Å². The van der Waals surface area contributed by atoms with Gasteiger partial charge in [-0.15, -0.1) is 0 Å². The second-order valence-electron chi connectivity index (χ2n) is 6.99. The van der Waals surface area contributed by atoms with E-state index in [0.29, 0.717) is 19.5 Å². The molecule has 0 aromatic rings. The molecule has 0 aromatic carbocycles. The van der Waals surface area contributed by atoms with Crippen LogP contribution in [-0.2, 0) is 14.3 Å². The van der Waals surface area contributed by atoms with E-state index >= 15 is 0 Å². The molecule has 124 valence electrons. The van der Waals surface area contributed by atoms with Gasteiger partial charge in [-0.05, 0) is 18.8 Å². The van der Waals surface area contributed by atoms with Gasteiger partial charge in [0.2, 0.25) is 5.91 Å². The van der Waals surface area contributed by atoms with E-state index in [4.69, 9.17) is 5.26 Å². The molecule has 0 saturated carbocycles. The van der Waals surface area contributed by atoms with Crippen LogP contribution in [0.1, 0.15) is 40.0 Å². The molecule has 0 spiro atoms. The van der Waals surface area contributed by atoms with Crippen molar-refractivity contribution in [2.24, 2.45) is 11.3 Å². The van der Waals surface area contributed by atoms with Gasteiger partial charge in [0.1, 0.15) is 0 Å². The van der Waals surface area contributed by atoms with Gasteiger partial charge in [-0.1, -0.05) is 20.8 Å². The predicted molar refractivity (Wildman–Crippen MR) is 82.8 cm³/mol. The summed E-state index contributed by atoms with van der Waals surface area (Å²) >= 11 is 0. The summed E-state index contributed by atoms with van der Waals surface area (Å²) in [5.74, 6) is 0.0853. The standard InChI is InChI=1S/C16H27N3O3/c1-16(2,3)15(21)18-13-9-12(5-6-14(20)22-4)10-19(11-13)8-7-17/h12-13H,5-6,8-11H2,1-4H3,(H,18,21). The first kappa shape index (κ1) is 18.4. The number of hydrogen-bond acceptors (Lipinski definition) is 5. The Morgan fingerprint density at radius 3 is 2.59 bits per heavy atom. The van der Waals surface area contributed by atoms with Crippen molar-refractivity contribution in [3.05, 3.63) is 0 Å². The highest BCUT2D eigenvalue weighted by Gasteiger charge is 2.31. The van der Waals surface area contributed by atoms with Crippen LogP contribution in [0.25, 0.3) is 0 Å². The van der Waals surface area contributed by atoms with Crippen molar-refractivity contribution >= 4 is 11.9 Å². The minimum Gasteiger partial charge on any atom is -0.469 e. The maximum atomic E-state index is 12.1. The predicted octanol–water partition coefficient (Wildman–Crippen LogP) is 1.32. The fourth-order valence-electron chi connectivity index (χ4n) is 2.67. The number of esters is 1. The molecule has 1 heterocycles. The quantitative estimate of drug-likeness (QED) is 0.612. The monoisotopic (exact) mass is 309 g/mol. The molecule has 0 radical (unpaired) electrons. The summed E-state index contributed by atoms with van der Waals surface area (Å²) in [6, 6.07) is 2.18. The molecule has 1 aliphatic heterocycles. The zero-order chi connectivity index (χ0) is 16.8. The molecule has 22 heavy (non-hydrogen) atoms. The van der Waals surface area contributed by atoms with E-state index in [2.05, 4.69) is 16.1 Å². The molecular weight excluding hydrogens is 282 g/mol. The highest BCUT2D eigenvalue weighted by atomic mass is 16.5. The Labute approximate surface area is 132 Å². The minimum absolute atomic E-state index is 0.0167. The van der Waals surface area contributed by atoms with Gasteiger partial charge in [0.15, 0.2) is 0 Å². The molecule has 6 nitrogen and oxygen atoms in total. The van der Waals surface area contributed by atoms with Gasteiger partial charge in [-0.2, -0.15) is 5.26 Å². The molecule has 0 aliphatic carbocycles. The Balaban J connectivity index is 2.62. The van der Waals surface area contributed by atoms with E-state index in [1.807, 2.05) is 25.7 Å². The van der Waals surface area contributed by atoms with E-state index in [0.717, 1.165) is 19.4 Å². The van der Waals surface area contributed by atoms with Crippen molar-refractivity contribution < 1.29 is 14.3 Å². The second kappa shape index (κ2) is 8.14. The topological polar surface area (TPSA) is 82.4 Å². The number of likely N-dealkylation sites (tertiary alicyclic amines) is 1. The van der Waals surface area contributed by atoms with Gasteiger partial charge in [0.05, 0.1) is 19.7 Å². The molecule has 0 aromatic heterocycles. The van der Waals surface area contributed by atoms with Gasteiger partial charge in [0, 0.05) is 31.0 Å². The zero-order valence-electron chi connectivity index (χ0n) is 14.0. The summed E-state index contributed by atoms with van der Waals surface area (Å²) in [5, 5.41) is 12.0.